The van der Waals surface area contributed by atoms with Gasteiger partial charge in [-0.3, -0.25) is 0 Å². The number of hydrogen-bond acceptors (Lipinski definition) is 2. The summed E-state index contributed by atoms with van der Waals surface area (Å²) in [5, 5.41) is 0. The van der Waals surface area contributed by atoms with Crippen molar-refractivity contribution in [3.63, 3.8) is 0 Å². The third kappa shape index (κ3) is 0.913. The summed E-state index contributed by atoms with van der Waals surface area (Å²) in [6, 6.07) is 8.72. The van der Waals surface area contributed by atoms with Crippen LogP contribution in [0, 0.1) is 0 Å². The van der Waals surface area contributed by atoms with Gasteiger partial charge in [0.15, 0.2) is 0 Å². The monoisotopic (exact) mass is 215 g/mol. The summed E-state index contributed by atoms with van der Waals surface area (Å²) in [7, 11) is 0. The molecule has 1 aromatic carbocycles. The molecule has 2 bridgehead atoms. The Labute approximate surface area is 94.0 Å². The van der Waals surface area contributed by atoms with Crippen LogP contribution in [0.4, 0.5) is 4.79 Å². The highest BCUT2D eigenvalue weighted by molar-refractivity contribution is 5.72. The molecule has 3 nitrogen and oxygen atoms in total. The van der Waals surface area contributed by atoms with E-state index in [-0.39, 0.29) is 12.2 Å². The molecular formula is C13H13NO2. The van der Waals surface area contributed by atoms with E-state index in [9.17, 15) is 4.79 Å². The first-order valence-corrected chi connectivity index (χ1v) is 5.90. The van der Waals surface area contributed by atoms with Crippen LogP contribution in [0.15, 0.2) is 24.3 Å². The average molecular weight is 215 g/mol. The van der Waals surface area contributed by atoms with E-state index in [0.29, 0.717) is 12.0 Å². The first-order valence-electron chi connectivity index (χ1n) is 5.90. The number of rotatable bonds is 0. The topological polar surface area (TPSA) is 29.5 Å². The molecule has 1 amide bonds. The molecule has 3 heteroatoms. The van der Waals surface area contributed by atoms with Crippen molar-refractivity contribution in [1.82, 2.24) is 4.90 Å². The highest BCUT2D eigenvalue weighted by Gasteiger charge is 2.50. The van der Waals surface area contributed by atoms with Gasteiger partial charge >= 0.3 is 6.09 Å². The number of piperidine rings is 1. The predicted molar refractivity (Wildman–Crippen MR) is 58.1 cm³/mol. The van der Waals surface area contributed by atoms with Crippen LogP contribution in [-0.2, 0) is 4.74 Å². The van der Waals surface area contributed by atoms with Crippen LogP contribution in [0.2, 0.25) is 0 Å². The lowest BCUT2D eigenvalue weighted by Crippen LogP contribution is -2.43. The molecule has 2 fully saturated rings. The summed E-state index contributed by atoms with van der Waals surface area (Å²) in [6.07, 6.45) is 2.02. The second-order valence-corrected chi connectivity index (χ2v) is 4.92. The second kappa shape index (κ2) is 2.78. The van der Waals surface area contributed by atoms with Crippen LogP contribution in [0.1, 0.15) is 36.0 Å². The SMILES string of the molecule is O=C1OC2c3ccccc3C3CCN1C2C3. The van der Waals surface area contributed by atoms with Crippen molar-refractivity contribution in [2.45, 2.75) is 30.9 Å². The zero-order valence-electron chi connectivity index (χ0n) is 8.93. The van der Waals surface area contributed by atoms with Crippen LogP contribution in [0.5, 0.6) is 0 Å². The van der Waals surface area contributed by atoms with E-state index in [1.807, 2.05) is 11.0 Å². The van der Waals surface area contributed by atoms with Gasteiger partial charge in [0.1, 0.15) is 6.10 Å². The molecule has 16 heavy (non-hydrogen) atoms. The largest absolute Gasteiger partial charge is 0.439 e. The molecule has 1 aromatic rings. The fourth-order valence-corrected chi connectivity index (χ4v) is 3.46. The van der Waals surface area contributed by atoms with Gasteiger partial charge in [-0.05, 0) is 29.9 Å². The first kappa shape index (κ1) is 8.62. The maximum Gasteiger partial charge on any atom is 0.410 e. The lowest BCUT2D eigenvalue weighted by molar-refractivity contribution is 0.124. The van der Waals surface area contributed by atoms with Gasteiger partial charge in [-0.15, -0.1) is 0 Å². The van der Waals surface area contributed by atoms with Crippen LogP contribution in [0.3, 0.4) is 0 Å². The first-order chi connectivity index (χ1) is 7.84. The van der Waals surface area contributed by atoms with Crippen molar-refractivity contribution in [3.05, 3.63) is 35.4 Å². The van der Waals surface area contributed by atoms with Crippen molar-refractivity contribution in [3.8, 4) is 0 Å². The van der Waals surface area contributed by atoms with E-state index < -0.39 is 0 Å². The maximum absolute atomic E-state index is 11.7. The second-order valence-electron chi connectivity index (χ2n) is 4.92. The van der Waals surface area contributed by atoms with Gasteiger partial charge in [-0.2, -0.15) is 0 Å². The van der Waals surface area contributed by atoms with Crippen LogP contribution < -0.4 is 0 Å². The Bertz CT molecular complexity index is 471. The number of hydrogen-bond donors (Lipinski definition) is 0. The van der Waals surface area contributed by atoms with Crippen LogP contribution >= 0.6 is 0 Å². The molecule has 2 aliphatic heterocycles. The molecule has 2 heterocycles. The number of fused-ring (bicyclic) bond motifs is 4. The number of carbonyl (C=O) groups excluding carboxylic acids is 1. The Morgan fingerprint density at radius 2 is 2.06 bits per heavy atom. The number of ether oxygens (including phenoxy) is 1. The van der Waals surface area contributed by atoms with Gasteiger partial charge in [-0.25, -0.2) is 4.79 Å². The fourth-order valence-electron chi connectivity index (χ4n) is 3.46. The van der Waals surface area contributed by atoms with Crippen molar-refractivity contribution in [2.75, 3.05) is 6.54 Å². The minimum atomic E-state index is -0.120. The molecule has 0 aromatic heterocycles. The minimum absolute atomic E-state index is 0.0137. The molecule has 1 aliphatic carbocycles. The van der Waals surface area contributed by atoms with E-state index in [4.69, 9.17) is 4.74 Å². The third-order valence-corrected chi connectivity index (χ3v) is 4.20. The molecule has 0 spiro atoms. The van der Waals surface area contributed by atoms with E-state index in [1.165, 1.54) is 11.1 Å². The zero-order chi connectivity index (χ0) is 10.7. The van der Waals surface area contributed by atoms with E-state index in [0.717, 1.165) is 19.4 Å². The van der Waals surface area contributed by atoms with Gasteiger partial charge < -0.3 is 9.64 Å². The van der Waals surface area contributed by atoms with Crippen molar-refractivity contribution in [1.29, 1.82) is 0 Å². The summed E-state index contributed by atoms with van der Waals surface area (Å²) in [6.45, 7) is 0.860. The molecule has 82 valence electrons. The molecule has 3 unspecified atom stereocenters. The lowest BCUT2D eigenvalue weighted by atomic mass is 9.74. The lowest BCUT2D eigenvalue weighted by Gasteiger charge is -2.39. The van der Waals surface area contributed by atoms with Gasteiger partial charge in [0.25, 0.3) is 0 Å². The molecule has 3 aliphatic rings. The summed E-state index contributed by atoms with van der Waals surface area (Å²) < 4.78 is 5.51. The molecular weight excluding hydrogens is 202 g/mol. The Morgan fingerprint density at radius 1 is 1.25 bits per heavy atom. The Hall–Kier alpha value is -1.51. The van der Waals surface area contributed by atoms with Gasteiger partial charge in [0.05, 0.1) is 6.04 Å². The number of amides is 1. The number of nitrogens with zero attached hydrogens (tertiary/aromatic N) is 1. The van der Waals surface area contributed by atoms with Crippen molar-refractivity contribution in [2.24, 2.45) is 0 Å². The smallest absolute Gasteiger partial charge is 0.410 e. The molecule has 3 atom stereocenters. The van der Waals surface area contributed by atoms with E-state index in [2.05, 4.69) is 18.2 Å². The van der Waals surface area contributed by atoms with Crippen LogP contribution in [0.25, 0.3) is 0 Å². The van der Waals surface area contributed by atoms with Crippen LogP contribution in [-0.4, -0.2) is 23.6 Å². The molecule has 4 rings (SSSR count). The fraction of sp³-hybridized carbons (Fsp3) is 0.462. The third-order valence-electron chi connectivity index (χ3n) is 4.20. The van der Waals surface area contributed by atoms with Gasteiger partial charge in [-0.1, -0.05) is 24.3 Å². The summed E-state index contributed by atoms with van der Waals surface area (Å²) >= 11 is 0. The predicted octanol–water partition coefficient (Wildman–Crippen LogP) is 2.44. The van der Waals surface area contributed by atoms with Crippen molar-refractivity contribution < 1.29 is 9.53 Å². The number of carbonyl (C=O) groups is 1. The summed E-state index contributed by atoms with van der Waals surface area (Å²) in [5.74, 6) is 0.628. The number of benzene rings is 1. The Kier molecular flexibility index (Phi) is 1.50. The summed E-state index contributed by atoms with van der Waals surface area (Å²) in [5.41, 5.74) is 2.64. The summed E-state index contributed by atoms with van der Waals surface area (Å²) in [4.78, 5) is 13.6. The normalized spacial score (nSPS) is 34.6. The van der Waals surface area contributed by atoms with Crippen molar-refractivity contribution >= 4 is 6.09 Å². The molecule has 0 N–H and O–H groups in total. The highest BCUT2D eigenvalue weighted by atomic mass is 16.6. The standard InChI is InChI=1S/C13H13NO2/c15-13-14-6-5-8-7-11(14)12(16-13)10-4-2-1-3-9(8)10/h1-4,8,11-12H,5-7H2. The van der Waals surface area contributed by atoms with E-state index >= 15 is 0 Å². The molecule has 2 saturated heterocycles. The molecule has 0 saturated carbocycles. The minimum Gasteiger partial charge on any atom is -0.439 e. The average Bonchev–Trinajstić information content (AvgIpc) is 2.69. The Balaban J connectivity index is 1.92. The van der Waals surface area contributed by atoms with Gasteiger partial charge in [0, 0.05) is 6.54 Å². The quantitative estimate of drug-likeness (QED) is 0.665. The van der Waals surface area contributed by atoms with Gasteiger partial charge in [0.2, 0.25) is 0 Å². The van der Waals surface area contributed by atoms with E-state index in [1.54, 1.807) is 0 Å². The maximum atomic E-state index is 11.7. The highest BCUT2D eigenvalue weighted by Crippen LogP contribution is 2.49. The molecule has 0 radical (unpaired) electrons. The zero-order valence-corrected chi connectivity index (χ0v) is 8.93. The Morgan fingerprint density at radius 3 is 2.94 bits per heavy atom.